The summed E-state index contributed by atoms with van der Waals surface area (Å²) in [6, 6.07) is 8.81. The Kier molecular flexibility index (Phi) is 4.43. The van der Waals surface area contributed by atoms with Crippen LogP contribution >= 0.6 is 0 Å². The van der Waals surface area contributed by atoms with Gasteiger partial charge in [-0.15, -0.1) is 0 Å². The molecule has 2 heterocycles. The van der Waals surface area contributed by atoms with Gasteiger partial charge >= 0.3 is 0 Å². The summed E-state index contributed by atoms with van der Waals surface area (Å²) >= 11 is 0. The van der Waals surface area contributed by atoms with E-state index in [1.165, 1.54) is 5.69 Å². The molecular formula is C16H24N2O2. The summed E-state index contributed by atoms with van der Waals surface area (Å²) in [4.78, 5) is 2.40. The van der Waals surface area contributed by atoms with Gasteiger partial charge in [-0.25, -0.2) is 0 Å². The van der Waals surface area contributed by atoms with E-state index in [9.17, 15) is 0 Å². The van der Waals surface area contributed by atoms with Gasteiger partial charge in [0.15, 0.2) is 0 Å². The van der Waals surface area contributed by atoms with E-state index in [4.69, 9.17) is 15.2 Å². The first-order valence-electron chi connectivity index (χ1n) is 7.66. The van der Waals surface area contributed by atoms with Crippen LogP contribution in [0, 0.1) is 0 Å². The number of benzene rings is 1. The predicted molar refractivity (Wildman–Crippen MR) is 80.3 cm³/mol. The molecule has 2 aliphatic rings. The van der Waals surface area contributed by atoms with Crippen LogP contribution in [-0.2, 0) is 4.74 Å². The highest BCUT2D eigenvalue weighted by atomic mass is 16.5. The normalized spacial score (nSPS) is 24.6. The van der Waals surface area contributed by atoms with E-state index in [0.717, 1.165) is 51.1 Å². The zero-order valence-electron chi connectivity index (χ0n) is 12.0. The third-order valence-corrected chi connectivity index (χ3v) is 4.16. The molecule has 0 aliphatic carbocycles. The molecular weight excluding hydrogens is 252 g/mol. The Labute approximate surface area is 120 Å². The Hall–Kier alpha value is -1.26. The van der Waals surface area contributed by atoms with Crippen molar-refractivity contribution in [2.75, 3.05) is 31.2 Å². The Balaban J connectivity index is 1.56. The lowest BCUT2D eigenvalue weighted by atomic mass is 10.1. The lowest BCUT2D eigenvalue weighted by Gasteiger charge is -2.32. The molecule has 0 aromatic heterocycles. The molecule has 2 fully saturated rings. The molecule has 0 radical (unpaired) electrons. The van der Waals surface area contributed by atoms with Crippen molar-refractivity contribution in [1.82, 2.24) is 0 Å². The number of nitrogens with zero attached hydrogens (tertiary/aromatic N) is 1. The molecule has 1 unspecified atom stereocenters. The smallest absolute Gasteiger partial charge is 0.122 e. The molecule has 0 amide bonds. The fourth-order valence-corrected chi connectivity index (χ4v) is 2.89. The maximum atomic E-state index is 5.95. The molecule has 0 spiro atoms. The van der Waals surface area contributed by atoms with Gasteiger partial charge in [0, 0.05) is 31.4 Å². The lowest BCUT2D eigenvalue weighted by Crippen LogP contribution is -2.39. The van der Waals surface area contributed by atoms with Gasteiger partial charge in [0.1, 0.15) is 11.9 Å². The van der Waals surface area contributed by atoms with Crippen molar-refractivity contribution < 1.29 is 9.47 Å². The second-order valence-electron chi connectivity index (χ2n) is 5.78. The van der Waals surface area contributed by atoms with E-state index in [1.54, 1.807) is 0 Å². The van der Waals surface area contributed by atoms with Gasteiger partial charge in [0.25, 0.3) is 0 Å². The topological polar surface area (TPSA) is 47.7 Å². The fourth-order valence-electron chi connectivity index (χ4n) is 2.89. The maximum Gasteiger partial charge on any atom is 0.122 e. The molecule has 4 heteroatoms. The van der Waals surface area contributed by atoms with E-state index in [-0.39, 0.29) is 6.10 Å². The molecule has 20 heavy (non-hydrogen) atoms. The van der Waals surface area contributed by atoms with E-state index >= 15 is 0 Å². The Bertz CT molecular complexity index is 407. The highest BCUT2D eigenvalue weighted by Gasteiger charge is 2.17. The second-order valence-corrected chi connectivity index (χ2v) is 5.78. The largest absolute Gasteiger partial charge is 0.488 e. The Morgan fingerprint density at radius 3 is 2.50 bits per heavy atom. The van der Waals surface area contributed by atoms with Gasteiger partial charge in [-0.3, -0.25) is 0 Å². The van der Waals surface area contributed by atoms with Crippen LogP contribution in [0.15, 0.2) is 24.3 Å². The van der Waals surface area contributed by atoms with E-state index in [2.05, 4.69) is 29.2 Å². The minimum atomic E-state index is 0.211. The average molecular weight is 276 g/mol. The van der Waals surface area contributed by atoms with E-state index in [0.29, 0.717) is 12.6 Å². The van der Waals surface area contributed by atoms with Crippen LogP contribution in [0.4, 0.5) is 5.69 Å². The third kappa shape index (κ3) is 3.44. The number of rotatable bonds is 3. The number of ether oxygens (including phenoxy) is 2. The first kappa shape index (κ1) is 13.7. The van der Waals surface area contributed by atoms with Gasteiger partial charge < -0.3 is 20.1 Å². The quantitative estimate of drug-likeness (QED) is 0.919. The van der Waals surface area contributed by atoms with Crippen molar-refractivity contribution in [2.24, 2.45) is 5.73 Å². The van der Waals surface area contributed by atoms with Gasteiger partial charge in [-0.1, -0.05) is 0 Å². The van der Waals surface area contributed by atoms with Gasteiger partial charge in [0.2, 0.25) is 0 Å². The zero-order valence-corrected chi connectivity index (χ0v) is 12.0. The van der Waals surface area contributed by atoms with Crippen molar-refractivity contribution in [1.29, 1.82) is 0 Å². The average Bonchev–Trinajstić information content (AvgIpc) is 2.50. The Morgan fingerprint density at radius 2 is 1.85 bits per heavy atom. The van der Waals surface area contributed by atoms with Crippen LogP contribution in [-0.4, -0.2) is 38.4 Å². The van der Waals surface area contributed by atoms with E-state index in [1.807, 2.05) is 0 Å². The lowest BCUT2D eigenvalue weighted by molar-refractivity contribution is 0.00743. The zero-order chi connectivity index (χ0) is 13.8. The van der Waals surface area contributed by atoms with Gasteiger partial charge in [-0.2, -0.15) is 0 Å². The molecule has 2 saturated heterocycles. The standard InChI is InChI=1S/C16H24N2O2/c17-13-7-9-18(10-8-13)14-3-5-15(6-4-14)20-16-2-1-11-19-12-16/h3-6,13,16H,1-2,7-12,17H2. The highest BCUT2D eigenvalue weighted by Crippen LogP contribution is 2.24. The summed E-state index contributed by atoms with van der Waals surface area (Å²) in [6.45, 7) is 3.69. The molecule has 3 rings (SSSR count). The fraction of sp³-hybridized carbons (Fsp3) is 0.625. The summed E-state index contributed by atoms with van der Waals surface area (Å²) < 4.78 is 11.4. The third-order valence-electron chi connectivity index (χ3n) is 4.16. The summed E-state index contributed by atoms with van der Waals surface area (Å²) in [5.41, 5.74) is 7.21. The van der Waals surface area contributed by atoms with Gasteiger partial charge in [0.05, 0.1) is 6.61 Å². The summed E-state index contributed by atoms with van der Waals surface area (Å²) in [7, 11) is 0. The van der Waals surface area contributed by atoms with Crippen LogP contribution in [0.5, 0.6) is 5.75 Å². The number of piperidine rings is 1. The molecule has 1 atom stereocenters. The van der Waals surface area contributed by atoms with Crippen LogP contribution < -0.4 is 15.4 Å². The monoisotopic (exact) mass is 276 g/mol. The van der Waals surface area contributed by atoms with E-state index < -0.39 is 0 Å². The summed E-state index contributed by atoms with van der Waals surface area (Å²) in [5, 5.41) is 0. The molecule has 2 N–H and O–H groups in total. The molecule has 0 saturated carbocycles. The Morgan fingerprint density at radius 1 is 1.10 bits per heavy atom. The predicted octanol–water partition coefficient (Wildman–Crippen LogP) is 2.17. The molecule has 0 bridgehead atoms. The minimum Gasteiger partial charge on any atom is -0.488 e. The molecule has 1 aromatic carbocycles. The van der Waals surface area contributed by atoms with Crippen molar-refractivity contribution >= 4 is 5.69 Å². The molecule has 4 nitrogen and oxygen atoms in total. The first-order chi connectivity index (χ1) is 9.81. The van der Waals surface area contributed by atoms with Crippen LogP contribution in [0.1, 0.15) is 25.7 Å². The summed E-state index contributed by atoms with van der Waals surface area (Å²) in [5.74, 6) is 0.943. The SMILES string of the molecule is NC1CCN(c2ccc(OC3CCCOC3)cc2)CC1. The van der Waals surface area contributed by atoms with Crippen molar-refractivity contribution in [3.8, 4) is 5.75 Å². The molecule has 1 aromatic rings. The molecule has 110 valence electrons. The van der Waals surface area contributed by atoms with Crippen molar-refractivity contribution in [3.63, 3.8) is 0 Å². The number of anilines is 1. The van der Waals surface area contributed by atoms with Crippen LogP contribution in [0.25, 0.3) is 0 Å². The minimum absolute atomic E-state index is 0.211. The van der Waals surface area contributed by atoms with Crippen molar-refractivity contribution in [3.05, 3.63) is 24.3 Å². The van der Waals surface area contributed by atoms with Crippen LogP contribution in [0.3, 0.4) is 0 Å². The van der Waals surface area contributed by atoms with Crippen LogP contribution in [0.2, 0.25) is 0 Å². The van der Waals surface area contributed by atoms with Crippen molar-refractivity contribution in [2.45, 2.75) is 37.8 Å². The number of hydrogen-bond acceptors (Lipinski definition) is 4. The summed E-state index contributed by atoms with van der Waals surface area (Å²) in [6.07, 6.45) is 4.56. The van der Waals surface area contributed by atoms with Gasteiger partial charge in [-0.05, 0) is 49.9 Å². The molecule has 2 aliphatic heterocycles. The maximum absolute atomic E-state index is 5.95. The number of nitrogens with two attached hydrogens (primary N) is 1. The highest BCUT2D eigenvalue weighted by molar-refractivity contribution is 5.49. The first-order valence-corrected chi connectivity index (χ1v) is 7.66. The second kappa shape index (κ2) is 6.46. The number of hydrogen-bond donors (Lipinski definition) is 1.